The fourth-order valence-corrected chi connectivity index (χ4v) is 2.05. The van der Waals surface area contributed by atoms with Gasteiger partial charge in [-0.05, 0) is 35.2 Å². The van der Waals surface area contributed by atoms with Crippen molar-refractivity contribution in [3.8, 4) is 0 Å². The van der Waals surface area contributed by atoms with Gasteiger partial charge in [0.05, 0.1) is 6.61 Å². The van der Waals surface area contributed by atoms with Crippen molar-refractivity contribution in [2.75, 3.05) is 0 Å². The fraction of sp³-hybridized carbons (Fsp3) is 0.235. The number of rotatable bonds is 5. The van der Waals surface area contributed by atoms with Crippen LogP contribution in [0, 0.1) is 12.7 Å². The highest BCUT2D eigenvalue weighted by molar-refractivity contribution is 5.73. The molecule has 0 aliphatic heterocycles. The van der Waals surface area contributed by atoms with E-state index in [1.165, 1.54) is 6.07 Å². The van der Waals surface area contributed by atoms with E-state index in [1.54, 1.807) is 19.1 Å². The molecule has 5 heteroatoms. The maximum absolute atomic E-state index is 13.4. The molecule has 0 unspecified atom stereocenters. The average Bonchev–Trinajstić information content (AvgIpc) is 2.54. The third-order valence-corrected chi connectivity index (χ3v) is 3.42. The lowest BCUT2D eigenvalue weighted by Gasteiger charge is -2.10. The zero-order valence-corrected chi connectivity index (χ0v) is 12.4. The molecule has 0 radical (unpaired) electrons. The maximum atomic E-state index is 13.4. The second kappa shape index (κ2) is 7.56. The first-order valence-electron chi connectivity index (χ1n) is 7.04. The topological polar surface area (TPSA) is 61.4 Å². The van der Waals surface area contributed by atoms with Gasteiger partial charge < -0.3 is 15.7 Å². The first-order chi connectivity index (χ1) is 10.6. The Morgan fingerprint density at radius 2 is 1.77 bits per heavy atom. The first kappa shape index (κ1) is 16.0. The van der Waals surface area contributed by atoms with Gasteiger partial charge >= 0.3 is 6.03 Å². The molecule has 0 saturated carbocycles. The largest absolute Gasteiger partial charge is 0.392 e. The fourth-order valence-electron chi connectivity index (χ4n) is 2.05. The Morgan fingerprint density at radius 1 is 1.09 bits per heavy atom. The van der Waals surface area contributed by atoms with E-state index in [2.05, 4.69) is 10.6 Å². The zero-order valence-electron chi connectivity index (χ0n) is 12.4. The second-order valence-corrected chi connectivity index (χ2v) is 5.05. The van der Waals surface area contributed by atoms with Crippen molar-refractivity contribution < 1.29 is 14.3 Å². The SMILES string of the molecule is Cc1ccc(CNC(=O)NCc2ccccc2CO)cc1F. The molecule has 4 nitrogen and oxygen atoms in total. The summed E-state index contributed by atoms with van der Waals surface area (Å²) in [4.78, 5) is 11.8. The van der Waals surface area contributed by atoms with E-state index in [4.69, 9.17) is 0 Å². The maximum Gasteiger partial charge on any atom is 0.315 e. The lowest BCUT2D eigenvalue weighted by atomic mass is 10.1. The van der Waals surface area contributed by atoms with Gasteiger partial charge in [0, 0.05) is 13.1 Å². The van der Waals surface area contributed by atoms with Gasteiger partial charge in [-0.2, -0.15) is 0 Å². The highest BCUT2D eigenvalue weighted by atomic mass is 19.1. The summed E-state index contributed by atoms with van der Waals surface area (Å²) >= 11 is 0. The molecule has 116 valence electrons. The summed E-state index contributed by atoms with van der Waals surface area (Å²) in [6, 6.07) is 11.9. The molecule has 0 atom stereocenters. The van der Waals surface area contributed by atoms with Crippen LogP contribution in [0.2, 0.25) is 0 Å². The number of nitrogens with one attached hydrogen (secondary N) is 2. The molecule has 2 aromatic carbocycles. The highest BCUT2D eigenvalue weighted by Crippen LogP contribution is 2.09. The number of carbonyl (C=O) groups excluding carboxylic acids is 1. The van der Waals surface area contributed by atoms with Crippen LogP contribution in [0.4, 0.5) is 9.18 Å². The molecule has 0 aliphatic rings. The van der Waals surface area contributed by atoms with Gasteiger partial charge in [-0.3, -0.25) is 0 Å². The minimum atomic E-state index is -0.339. The van der Waals surface area contributed by atoms with Crippen molar-refractivity contribution in [1.82, 2.24) is 10.6 Å². The molecular formula is C17H19FN2O2. The summed E-state index contributed by atoms with van der Waals surface area (Å²) in [5.41, 5.74) is 2.92. The number of hydrogen-bond donors (Lipinski definition) is 3. The number of amides is 2. The van der Waals surface area contributed by atoms with E-state index >= 15 is 0 Å². The lowest BCUT2D eigenvalue weighted by molar-refractivity contribution is 0.239. The standard InChI is InChI=1S/C17H19FN2O2/c1-12-6-7-13(8-16(12)18)9-19-17(22)20-10-14-4-2-3-5-15(14)11-21/h2-8,21H,9-11H2,1H3,(H2,19,20,22). The van der Waals surface area contributed by atoms with Gasteiger partial charge in [-0.1, -0.05) is 36.4 Å². The van der Waals surface area contributed by atoms with Crippen LogP contribution in [0.25, 0.3) is 0 Å². The molecule has 3 N–H and O–H groups in total. The summed E-state index contributed by atoms with van der Waals surface area (Å²) in [6.07, 6.45) is 0. The smallest absolute Gasteiger partial charge is 0.315 e. The van der Waals surface area contributed by atoms with Crippen LogP contribution in [0.1, 0.15) is 22.3 Å². The average molecular weight is 302 g/mol. The third kappa shape index (κ3) is 4.30. The van der Waals surface area contributed by atoms with Crippen molar-refractivity contribution >= 4 is 6.03 Å². The van der Waals surface area contributed by atoms with Crippen molar-refractivity contribution in [3.63, 3.8) is 0 Å². The number of aliphatic hydroxyl groups excluding tert-OH is 1. The second-order valence-electron chi connectivity index (χ2n) is 5.05. The Bertz CT molecular complexity index is 659. The number of hydrogen-bond acceptors (Lipinski definition) is 2. The Kier molecular flexibility index (Phi) is 5.49. The monoisotopic (exact) mass is 302 g/mol. The molecule has 0 aromatic heterocycles. The molecule has 0 heterocycles. The van der Waals surface area contributed by atoms with Crippen LogP contribution in [0.5, 0.6) is 0 Å². The Hall–Kier alpha value is -2.40. The van der Waals surface area contributed by atoms with Gasteiger partial charge in [0.15, 0.2) is 0 Å². The highest BCUT2D eigenvalue weighted by Gasteiger charge is 2.05. The molecule has 0 bridgehead atoms. The van der Waals surface area contributed by atoms with Crippen LogP contribution in [0.15, 0.2) is 42.5 Å². The van der Waals surface area contributed by atoms with Crippen LogP contribution >= 0.6 is 0 Å². The molecule has 0 spiro atoms. The normalized spacial score (nSPS) is 10.3. The summed E-state index contributed by atoms with van der Waals surface area (Å²) in [5, 5.41) is 14.6. The molecule has 2 rings (SSSR count). The summed E-state index contributed by atoms with van der Waals surface area (Å²) in [6.45, 7) is 2.20. The number of carbonyl (C=O) groups is 1. The van der Waals surface area contributed by atoms with Gasteiger partial charge in [-0.25, -0.2) is 9.18 Å². The number of urea groups is 1. The van der Waals surface area contributed by atoms with E-state index in [1.807, 2.05) is 24.3 Å². The van der Waals surface area contributed by atoms with E-state index in [-0.39, 0.29) is 25.0 Å². The minimum absolute atomic E-state index is 0.0673. The summed E-state index contributed by atoms with van der Waals surface area (Å²) in [7, 11) is 0. The first-order valence-corrected chi connectivity index (χ1v) is 7.04. The van der Waals surface area contributed by atoms with Gasteiger partial charge in [-0.15, -0.1) is 0 Å². The van der Waals surface area contributed by atoms with Crippen LogP contribution in [-0.2, 0) is 19.7 Å². The third-order valence-electron chi connectivity index (χ3n) is 3.42. The van der Waals surface area contributed by atoms with Crippen molar-refractivity contribution in [3.05, 3.63) is 70.5 Å². The van der Waals surface area contributed by atoms with Crippen molar-refractivity contribution in [2.45, 2.75) is 26.6 Å². The quantitative estimate of drug-likeness (QED) is 0.795. The Morgan fingerprint density at radius 3 is 2.45 bits per heavy atom. The molecule has 0 fully saturated rings. The molecule has 2 aromatic rings. The zero-order chi connectivity index (χ0) is 15.9. The molecule has 22 heavy (non-hydrogen) atoms. The molecular weight excluding hydrogens is 283 g/mol. The Balaban J connectivity index is 1.84. The Labute approximate surface area is 129 Å². The predicted octanol–water partition coefficient (Wildman–Crippen LogP) is 2.63. The van der Waals surface area contributed by atoms with E-state index in [0.29, 0.717) is 17.7 Å². The van der Waals surface area contributed by atoms with Gasteiger partial charge in [0.2, 0.25) is 0 Å². The molecule has 0 saturated heterocycles. The van der Waals surface area contributed by atoms with Crippen LogP contribution < -0.4 is 10.6 Å². The van der Waals surface area contributed by atoms with E-state index in [9.17, 15) is 14.3 Å². The molecule has 0 aliphatic carbocycles. The van der Waals surface area contributed by atoms with Crippen LogP contribution in [-0.4, -0.2) is 11.1 Å². The predicted molar refractivity (Wildman–Crippen MR) is 82.6 cm³/mol. The number of aliphatic hydroxyl groups is 1. The minimum Gasteiger partial charge on any atom is -0.392 e. The number of benzene rings is 2. The van der Waals surface area contributed by atoms with Crippen molar-refractivity contribution in [1.29, 1.82) is 0 Å². The number of aryl methyl sites for hydroxylation is 1. The summed E-state index contributed by atoms with van der Waals surface area (Å²) in [5.74, 6) is -0.281. The van der Waals surface area contributed by atoms with Crippen molar-refractivity contribution in [2.24, 2.45) is 0 Å². The van der Waals surface area contributed by atoms with E-state index < -0.39 is 0 Å². The van der Waals surface area contributed by atoms with Gasteiger partial charge in [0.25, 0.3) is 0 Å². The number of halogens is 1. The molecule has 2 amide bonds. The van der Waals surface area contributed by atoms with Gasteiger partial charge in [0.1, 0.15) is 5.82 Å². The van der Waals surface area contributed by atoms with E-state index in [0.717, 1.165) is 11.1 Å². The van der Waals surface area contributed by atoms with Crippen LogP contribution in [0.3, 0.4) is 0 Å². The summed E-state index contributed by atoms with van der Waals surface area (Å²) < 4.78 is 13.4. The lowest BCUT2D eigenvalue weighted by Crippen LogP contribution is -2.34.